The fourth-order valence-electron chi connectivity index (χ4n) is 2.75. The third-order valence-electron chi connectivity index (χ3n) is 4.21. The van der Waals surface area contributed by atoms with E-state index in [4.69, 9.17) is 24.7 Å². The maximum absolute atomic E-state index is 12.3. The molecule has 0 bridgehead atoms. The van der Waals surface area contributed by atoms with E-state index in [9.17, 15) is 4.79 Å². The van der Waals surface area contributed by atoms with Gasteiger partial charge in [0, 0.05) is 24.8 Å². The molecule has 0 radical (unpaired) electrons. The molecule has 0 aliphatic heterocycles. The van der Waals surface area contributed by atoms with Gasteiger partial charge in [-0.05, 0) is 24.3 Å². The van der Waals surface area contributed by atoms with Crippen LogP contribution in [0.2, 0.25) is 0 Å². The second kappa shape index (κ2) is 10.6. The molecule has 0 aliphatic carbocycles. The molecule has 12 heteroatoms. The van der Waals surface area contributed by atoms with Gasteiger partial charge in [-0.2, -0.15) is 4.98 Å². The highest BCUT2D eigenvalue weighted by Crippen LogP contribution is 2.38. The Hall–Kier alpha value is -4.87. The number of primary amides is 1. The number of hydrogen-bond donors (Lipinski definition) is 1. The van der Waals surface area contributed by atoms with Crippen molar-refractivity contribution in [3.8, 4) is 40.8 Å². The third kappa shape index (κ3) is 5.30. The molecule has 34 heavy (non-hydrogen) atoms. The van der Waals surface area contributed by atoms with E-state index < -0.39 is 5.91 Å². The smallest absolute Gasteiger partial charge is 0.316 e. The minimum absolute atomic E-state index is 0.0187. The minimum atomic E-state index is -0.858. The number of amides is 1. The molecule has 3 aromatic heterocycles. The molecule has 0 atom stereocenters. The molecule has 12 nitrogen and oxygen atoms in total. The van der Waals surface area contributed by atoms with Crippen molar-refractivity contribution in [3.05, 3.63) is 66.9 Å². The molecule has 0 saturated heterocycles. The molecular weight excluding hydrogens is 442 g/mol. The van der Waals surface area contributed by atoms with Gasteiger partial charge in [0.25, 0.3) is 11.8 Å². The lowest BCUT2D eigenvalue weighted by molar-refractivity contribution is 0.0991. The molecule has 1 aromatic carbocycles. The van der Waals surface area contributed by atoms with Crippen LogP contribution in [0.15, 0.2) is 61.2 Å². The number of aromatic nitrogens is 6. The Morgan fingerprint density at radius 2 is 1.47 bits per heavy atom. The average Bonchev–Trinajstić information content (AvgIpc) is 2.88. The lowest BCUT2D eigenvalue weighted by atomic mass is 10.3. The summed E-state index contributed by atoms with van der Waals surface area (Å²) in [7, 11) is 1.49. The molecule has 4 rings (SSSR count). The van der Waals surface area contributed by atoms with Crippen LogP contribution in [-0.2, 0) is 0 Å². The molecule has 3 heterocycles. The first-order valence-corrected chi connectivity index (χ1v) is 9.98. The number of ether oxygens (including phenoxy) is 4. The standard InChI is InChI=1S/C22H19N7O5/c1-31-14-6-2-3-7-15(14)34-17-16(18(23)30)28-20(19-24-8-4-9-25-19)29-21(17)32-12-13-33-22-26-10-5-11-27-22/h2-11H,12-13H2,1H3,(H2,23,30). The Morgan fingerprint density at radius 3 is 2.15 bits per heavy atom. The predicted octanol–water partition coefficient (Wildman–Crippen LogP) is 2.08. The van der Waals surface area contributed by atoms with Crippen molar-refractivity contribution in [3.63, 3.8) is 0 Å². The Labute approximate surface area is 193 Å². The molecule has 0 spiro atoms. The molecule has 4 aromatic rings. The fraction of sp³-hybridized carbons (Fsp3) is 0.136. The van der Waals surface area contributed by atoms with Crippen molar-refractivity contribution < 1.29 is 23.7 Å². The topological polar surface area (TPSA) is 157 Å². The summed E-state index contributed by atoms with van der Waals surface area (Å²) < 4.78 is 22.5. The Balaban J connectivity index is 1.68. The van der Waals surface area contributed by atoms with Gasteiger partial charge >= 0.3 is 6.01 Å². The number of para-hydroxylation sites is 2. The van der Waals surface area contributed by atoms with Crippen molar-refractivity contribution >= 4 is 5.91 Å². The summed E-state index contributed by atoms with van der Waals surface area (Å²) in [4.78, 5) is 37.1. The van der Waals surface area contributed by atoms with Crippen LogP contribution in [0.25, 0.3) is 11.6 Å². The molecule has 0 aliphatic rings. The van der Waals surface area contributed by atoms with Gasteiger partial charge in [0.1, 0.15) is 13.2 Å². The van der Waals surface area contributed by atoms with Crippen LogP contribution < -0.4 is 24.7 Å². The number of methoxy groups -OCH3 is 1. The number of benzene rings is 1. The minimum Gasteiger partial charge on any atom is -0.493 e. The molecule has 0 fully saturated rings. The van der Waals surface area contributed by atoms with E-state index >= 15 is 0 Å². The fourth-order valence-corrected chi connectivity index (χ4v) is 2.75. The molecule has 2 N–H and O–H groups in total. The van der Waals surface area contributed by atoms with E-state index in [1.165, 1.54) is 19.5 Å². The zero-order valence-electron chi connectivity index (χ0n) is 18.0. The Bertz CT molecular complexity index is 1260. The highest BCUT2D eigenvalue weighted by atomic mass is 16.6. The predicted molar refractivity (Wildman–Crippen MR) is 118 cm³/mol. The van der Waals surface area contributed by atoms with Crippen LogP contribution in [0, 0.1) is 0 Å². The van der Waals surface area contributed by atoms with E-state index in [1.54, 1.807) is 48.8 Å². The van der Waals surface area contributed by atoms with Crippen LogP contribution in [-0.4, -0.2) is 56.1 Å². The summed E-state index contributed by atoms with van der Waals surface area (Å²) in [5.74, 6) is -0.0788. The average molecular weight is 461 g/mol. The molecule has 172 valence electrons. The first-order chi connectivity index (χ1) is 16.7. The highest BCUT2D eigenvalue weighted by molar-refractivity contribution is 5.94. The second-order valence-corrected chi connectivity index (χ2v) is 6.45. The van der Waals surface area contributed by atoms with Crippen molar-refractivity contribution in [1.82, 2.24) is 29.9 Å². The quantitative estimate of drug-likeness (QED) is 0.345. The number of nitrogens with two attached hydrogens (primary N) is 1. The van der Waals surface area contributed by atoms with Crippen molar-refractivity contribution in [1.29, 1.82) is 0 Å². The lowest BCUT2D eigenvalue weighted by Gasteiger charge is -2.16. The van der Waals surface area contributed by atoms with Crippen molar-refractivity contribution in [2.75, 3.05) is 20.3 Å². The number of hydrogen-bond acceptors (Lipinski definition) is 11. The lowest BCUT2D eigenvalue weighted by Crippen LogP contribution is -2.18. The monoisotopic (exact) mass is 461 g/mol. The van der Waals surface area contributed by atoms with Crippen molar-refractivity contribution in [2.24, 2.45) is 5.73 Å². The zero-order valence-corrected chi connectivity index (χ0v) is 18.0. The van der Waals surface area contributed by atoms with Crippen LogP contribution >= 0.6 is 0 Å². The summed E-state index contributed by atoms with van der Waals surface area (Å²) in [5, 5.41) is 0. The molecule has 0 saturated carbocycles. The van der Waals surface area contributed by atoms with E-state index in [0.29, 0.717) is 11.5 Å². The maximum Gasteiger partial charge on any atom is 0.316 e. The van der Waals surface area contributed by atoms with E-state index in [1.807, 2.05) is 0 Å². The van der Waals surface area contributed by atoms with Crippen LogP contribution in [0.3, 0.4) is 0 Å². The Morgan fingerprint density at radius 1 is 0.824 bits per heavy atom. The summed E-state index contributed by atoms with van der Waals surface area (Å²) >= 11 is 0. The van der Waals surface area contributed by atoms with Gasteiger partial charge in [-0.25, -0.2) is 24.9 Å². The highest BCUT2D eigenvalue weighted by Gasteiger charge is 2.24. The summed E-state index contributed by atoms with van der Waals surface area (Å²) in [5.41, 5.74) is 5.39. The van der Waals surface area contributed by atoms with Gasteiger partial charge in [0.2, 0.25) is 11.6 Å². The van der Waals surface area contributed by atoms with Gasteiger partial charge in [0.05, 0.1) is 7.11 Å². The summed E-state index contributed by atoms with van der Waals surface area (Å²) in [6.07, 6.45) is 6.14. The van der Waals surface area contributed by atoms with Gasteiger partial charge in [-0.15, -0.1) is 0 Å². The van der Waals surface area contributed by atoms with Gasteiger partial charge < -0.3 is 24.7 Å². The second-order valence-electron chi connectivity index (χ2n) is 6.45. The largest absolute Gasteiger partial charge is 0.493 e. The zero-order chi connectivity index (χ0) is 23.8. The maximum atomic E-state index is 12.3. The number of rotatable bonds is 10. The summed E-state index contributed by atoms with van der Waals surface area (Å²) in [6.45, 7) is 0.107. The van der Waals surface area contributed by atoms with Crippen LogP contribution in [0.5, 0.6) is 29.1 Å². The van der Waals surface area contributed by atoms with E-state index in [-0.39, 0.29) is 48.2 Å². The van der Waals surface area contributed by atoms with Crippen LogP contribution in [0.1, 0.15) is 10.5 Å². The first-order valence-electron chi connectivity index (χ1n) is 9.98. The van der Waals surface area contributed by atoms with Gasteiger partial charge in [-0.3, -0.25) is 4.79 Å². The molecule has 1 amide bonds. The first kappa shape index (κ1) is 22.3. The molecular formula is C22H19N7O5. The number of carbonyl (C=O) groups excluding carboxylic acids is 1. The normalized spacial score (nSPS) is 10.4. The number of carbonyl (C=O) groups is 1. The molecule has 0 unspecified atom stereocenters. The number of nitrogens with zero attached hydrogens (tertiary/aromatic N) is 6. The van der Waals surface area contributed by atoms with Crippen molar-refractivity contribution in [2.45, 2.75) is 0 Å². The Kier molecular flexibility index (Phi) is 6.98. The van der Waals surface area contributed by atoms with E-state index in [2.05, 4.69) is 29.9 Å². The SMILES string of the molecule is COc1ccccc1Oc1c(OCCOc2ncccn2)nc(-c2ncccn2)nc1C(N)=O. The third-order valence-corrected chi connectivity index (χ3v) is 4.21. The van der Waals surface area contributed by atoms with E-state index in [0.717, 1.165) is 0 Å². The van der Waals surface area contributed by atoms with Gasteiger partial charge in [0.15, 0.2) is 23.0 Å². The summed E-state index contributed by atoms with van der Waals surface area (Å²) in [6, 6.07) is 10.4. The van der Waals surface area contributed by atoms with Crippen LogP contribution in [0.4, 0.5) is 0 Å². The van der Waals surface area contributed by atoms with Gasteiger partial charge in [-0.1, -0.05) is 12.1 Å².